The Hall–Kier alpha value is -1.81. The first-order valence-corrected chi connectivity index (χ1v) is 7.75. The maximum absolute atomic E-state index is 4.54. The van der Waals surface area contributed by atoms with E-state index in [0.29, 0.717) is 5.92 Å². The van der Waals surface area contributed by atoms with Crippen LogP contribution in [-0.4, -0.2) is 9.78 Å². The van der Waals surface area contributed by atoms with Gasteiger partial charge in [0.2, 0.25) is 0 Å². The second-order valence-electron chi connectivity index (χ2n) is 5.39. The summed E-state index contributed by atoms with van der Waals surface area (Å²) in [5, 5.41) is 11.5. The quantitative estimate of drug-likeness (QED) is 0.771. The molecule has 2 aromatic heterocycles. The number of benzene rings is 1. The van der Waals surface area contributed by atoms with Crippen LogP contribution < -0.4 is 5.32 Å². The van der Waals surface area contributed by atoms with Gasteiger partial charge in [0.15, 0.2) is 0 Å². The Labute approximate surface area is 123 Å². The van der Waals surface area contributed by atoms with Crippen molar-refractivity contribution in [2.45, 2.75) is 26.3 Å². The van der Waals surface area contributed by atoms with Gasteiger partial charge >= 0.3 is 0 Å². The summed E-state index contributed by atoms with van der Waals surface area (Å²) >= 11 is 1.78. The third-order valence-corrected chi connectivity index (χ3v) is 4.32. The normalized spacial score (nSPS) is 11.4. The largest absolute Gasteiger partial charge is 0.381 e. The first-order valence-electron chi connectivity index (χ1n) is 6.87. The van der Waals surface area contributed by atoms with Crippen molar-refractivity contribution in [3.63, 3.8) is 0 Å². The average molecular weight is 285 g/mol. The minimum atomic E-state index is 0.451. The summed E-state index contributed by atoms with van der Waals surface area (Å²) in [6.45, 7) is 5.18. The second-order valence-corrected chi connectivity index (χ2v) is 6.34. The van der Waals surface area contributed by atoms with Crippen molar-refractivity contribution in [3.05, 3.63) is 47.1 Å². The Morgan fingerprint density at radius 2 is 2.15 bits per heavy atom. The number of fused-ring (bicyclic) bond motifs is 1. The molecule has 0 unspecified atom stereocenters. The molecule has 20 heavy (non-hydrogen) atoms. The highest BCUT2D eigenvalue weighted by molar-refractivity contribution is 7.17. The predicted octanol–water partition coefficient (Wildman–Crippen LogP) is 4.37. The molecule has 3 rings (SSSR count). The number of nitrogens with one attached hydrogen (secondary N) is 1. The molecule has 0 saturated heterocycles. The van der Waals surface area contributed by atoms with E-state index in [9.17, 15) is 0 Å². The van der Waals surface area contributed by atoms with Gasteiger partial charge in [-0.15, -0.1) is 11.3 Å². The second kappa shape index (κ2) is 5.29. The van der Waals surface area contributed by atoms with Gasteiger partial charge in [-0.3, -0.25) is 4.68 Å². The van der Waals surface area contributed by atoms with Crippen LogP contribution in [-0.2, 0) is 13.6 Å². The molecule has 0 atom stereocenters. The number of aryl methyl sites for hydroxylation is 1. The topological polar surface area (TPSA) is 29.9 Å². The van der Waals surface area contributed by atoms with E-state index in [-0.39, 0.29) is 0 Å². The van der Waals surface area contributed by atoms with Gasteiger partial charge in [0.25, 0.3) is 0 Å². The molecule has 3 aromatic rings. The molecule has 104 valence electrons. The van der Waals surface area contributed by atoms with E-state index in [2.05, 4.69) is 60.1 Å². The first-order chi connectivity index (χ1) is 9.63. The fraction of sp³-hybridized carbons (Fsp3) is 0.312. The Balaban J connectivity index is 1.78. The zero-order valence-corrected chi connectivity index (χ0v) is 12.9. The maximum atomic E-state index is 4.54. The standard InChI is InChI=1S/C16H19N3S/c1-11(2)16-13(10-19(3)18-16)9-17-14-4-5-15-12(8-14)6-7-20-15/h4-8,10-11,17H,9H2,1-3H3. The summed E-state index contributed by atoms with van der Waals surface area (Å²) in [5.74, 6) is 0.451. The highest BCUT2D eigenvalue weighted by Crippen LogP contribution is 2.25. The van der Waals surface area contributed by atoms with Gasteiger partial charge in [-0.25, -0.2) is 0 Å². The number of thiophene rings is 1. The first kappa shape index (κ1) is 13.2. The smallest absolute Gasteiger partial charge is 0.0699 e. The summed E-state index contributed by atoms with van der Waals surface area (Å²) in [7, 11) is 1.98. The molecule has 1 N–H and O–H groups in total. The van der Waals surface area contributed by atoms with Gasteiger partial charge in [0, 0.05) is 35.7 Å². The zero-order valence-electron chi connectivity index (χ0n) is 12.1. The van der Waals surface area contributed by atoms with Gasteiger partial charge in [-0.2, -0.15) is 5.10 Å². The summed E-state index contributed by atoms with van der Waals surface area (Å²) in [6, 6.07) is 8.69. The minimum Gasteiger partial charge on any atom is -0.381 e. The van der Waals surface area contributed by atoms with Crippen LogP contribution in [0.2, 0.25) is 0 Å². The van der Waals surface area contributed by atoms with E-state index in [1.807, 2.05) is 11.7 Å². The number of rotatable bonds is 4. The zero-order chi connectivity index (χ0) is 14.1. The van der Waals surface area contributed by atoms with E-state index < -0.39 is 0 Å². The fourth-order valence-electron chi connectivity index (χ4n) is 2.45. The van der Waals surface area contributed by atoms with Crippen molar-refractivity contribution in [1.29, 1.82) is 0 Å². The van der Waals surface area contributed by atoms with E-state index >= 15 is 0 Å². The van der Waals surface area contributed by atoms with Crippen molar-refractivity contribution < 1.29 is 0 Å². The molecular weight excluding hydrogens is 266 g/mol. The monoisotopic (exact) mass is 285 g/mol. The van der Waals surface area contributed by atoms with Crippen molar-refractivity contribution in [3.8, 4) is 0 Å². The molecule has 0 aliphatic carbocycles. The summed E-state index contributed by atoms with van der Waals surface area (Å²) in [6.07, 6.45) is 2.10. The SMILES string of the molecule is CC(C)c1nn(C)cc1CNc1ccc2sccc2c1. The highest BCUT2D eigenvalue weighted by atomic mass is 32.1. The van der Waals surface area contributed by atoms with Gasteiger partial charge in [-0.05, 0) is 40.9 Å². The molecule has 2 heterocycles. The van der Waals surface area contributed by atoms with Gasteiger partial charge in [0.05, 0.1) is 5.69 Å². The van der Waals surface area contributed by atoms with Crippen molar-refractivity contribution in [2.75, 3.05) is 5.32 Å². The summed E-state index contributed by atoms with van der Waals surface area (Å²) in [5.41, 5.74) is 3.61. The molecule has 3 nitrogen and oxygen atoms in total. The third-order valence-electron chi connectivity index (χ3n) is 3.42. The molecule has 0 spiro atoms. The molecule has 0 aliphatic rings. The van der Waals surface area contributed by atoms with E-state index in [1.54, 1.807) is 11.3 Å². The lowest BCUT2D eigenvalue weighted by molar-refractivity contribution is 0.712. The Bertz CT molecular complexity index is 724. The number of anilines is 1. The summed E-state index contributed by atoms with van der Waals surface area (Å²) in [4.78, 5) is 0. The molecule has 0 fully saturated rings. The Morgan fingerprint density at radius 1 is 1.30 bits per heavy atom. The highest BCUT2D eigenvalue weighted by Gasteiger charge is 2.11. The van der Waals surface area contributed by atoms with Crippen molar-refractivity contribution >= 4 is 27.1 Å². The van der Waals surface area contributed by atoms with E-state index in [1.165, 1.54) is 21.3 Å². The lowest BCUT2D eigenvalue weighted by Gasteiger charge is -2.08. The van der Waals surface area contributed by atoms with Crippen LogP contribution in [0.4, 0.5) is 5.69 Å². The van der Waals surface area contributed by atoms with Crippen molar-refractivity contribution in [2.24, 2.45) is 7.05 Å². The van der Waals surface area contributed by atoms with Crippen LogP contribution in [0.15, 0.2) is 35.8 Å². The van der Waals surface area contributed by atoms with Crippen LogP contribution in [0.5, 0.6) is 0 Å². The van der Waals surface area contributed by atoms with Crippen LogP contribution in [0.3, 0.4) is 0 Å². The number of nitrogens with zero attached hydrogens (tertiary/aromatic N) is 2. The van der Waals surface area contributed by atoms with Crippen LogP contribution in [0.25, 0.3) is 10.1 Å². The van der Waals surface area contributed by atoms with Crippen LogP contribution in [0, 0.1) is 0 Å². The third kappa shape index (κ3) is 2.56. The number of hydrogen-bond acceptors (Lipinski definition) is 3. The van der Waals surface area contributed by atoms with E-state index in [0.717, 1.165) is 12.2 Å². The molecule has 0 saturated carbocycles. The predicted molar refractivity (Wildman–Crippen MR) is 86.4 cm³/mol. The molecule has 4 heteroatoms. The van der Waals surface area contributed by atoms with Crippen molar-refractivity contribution in [1.82, 2.24) is 9.78 Å². The lowest BCUT2D eigenvalue weighted by atomic mass is 10.1. The number of aromatic nitrogens is 2. The van der Waals surface area contributed by atoms with Gasteiger partial charge in [-0.1, -0.05) is 13.8 Å². The number of hydrogen-bond donors (Lipinski definition) is 1. The van der Waals surface area contributed by atoms with Gasteiger partial charge < -0.3 is 5.32 Å². The van der Waals surface area contributed by atoms with Crippen LogP contribution in [0.1, 0.15) is 31.0 Å². The lowest BCUT2D eigenvalue weighted by Crippen LogP contribution is -2.02. The van der Waals surface area contributed by atoms with E-state index in [4.69, 9.17) is 0 Å². The molecule has 1 aromatic carbocycles. The summed E-state index contributed by atoms with van der Waals surface area (Å²) < 4.78 is 3.23. The maximum Gasteiger partial charge on any atom is 0.0699 e. The minimum absolute atomic E-state index is 0.451. The van der Waals surface area contributed by atoms with Gasteiger partial charge in [0.1, 0.15) is 0 Å². The van der Waals surface area contributed by atoms with Crippen LogP contribution >= 0.6 is 11.3 Å². The molecule has 0 radical (unpaired) electrons. The Kier molecular flexibility index (Phi) is 3.49. The Morgan fingerprint density at radius 3 is 2.95 bits per heavy atom. The molecule has 0 aliphatic heterocycles. The average Bonchev–Trinajstić information content (AvgIpc) is 3.01. The molecule has 0 bridgehead atoms. The molecule has 0 amide bonds. The fourth-order valence-corrected chi connectivity index (χ4v) is 3.22. The molecular formula is C16H19N3S.